The van der Waals surface area contributed by atoms with E-state index in [2.05, 4.69) is 0 Å². The van der Waals surface area contributed by atoms with E-state index in [4.69, 9.17) is 10.5 Å². The van der Waals surface area contributed by atoms with Gasteiger partial charge in [0.05, 0.1) is 6.61 Å². The number of carbonyl (C=O) groups excluding carboxylic acids is 2. The van der Waals surface area contributed by atoms with E-state index in [9.17, 15) is 9.59 Å². The lowest BCUT2D eigenvalue weighted by Crippen LogP contribution is -2.43. The molecule has 4 nitrogen and oxygen atoms in total. The second-order valence-electron chi connectivity index (χ2n) is 3.41. The van der Waals surface area contributed by atoms with Crippen LogP contribution in [-0.4, -0.2) is 31.3 Å². The van der Waals surface area contributed by atoms with Crippen molar-refractivity contribution >= 4 is 11.6 Å². The lowest BCUT2D eigenvalue weighted by Gasteiger charge is -2.24. The first-order chi connectivity index (χ1) is 6.16. The Morgan fingerprint density at radius 1 is 1.62 bits per heavy atom. The molecule has 0 aromatic carbocycles. The summed E-state index contributed by atoms with van der Waals surface area (Å²) in [6.07, 6.45) is 1.87. The van der Waals surface area contributed by atoms with Crippen molar-refractivity contribution in [3.8, 4) is 0 Å². The molecule has 1 fully saturated rings. The van der Waals surface area contributed by atoms with Gasteiger partial charge < -0.3 is 10.5 Å². The maximum atomic E-state index is 11.4. The van der Waals surface area contributed by atoms with E-state index in [0.717, 1.165) is 12.8 Å². The second-order valence-corrected chi connectivity index (χ2v) is 3.41. The first-order valence-corrected chi connectivity index (χ1v) is 4.48. The monoisotopic (exact) mass is 185 g/mol. The van der Waals surface area contributed by atoms with Gasteiger partial charge in [-0.25, -0.2) is 0 Å². The predicted octanol–water partition coefficient (Wildman–Crippen LogP) is -0.102. The molecule has 0 spiro atoms. The van der Waals surface area contributed by atoms with Crippen LogP contribution >= 0.6 is 0 Å². The molecule has 1 rings (SSSR count). The van der Waals surface area contributed by atoms with Gasteiger partial charge in [0.2, 0.25) is 5.78 Å². The summed E-state index contributed by atoms with van der Waals surface area (Å²) >= 11 is 0. The standard InChI is InChI=1S/C9H15NO3/c1-13-5-7(10)6-3-2-4-8(11)9(6)12/h6-7H,2-5,10H2,1H3. The third-order valence-electron chi connectivity index (χ3n) is 2.41. The molecule has 0 amide bonds. The Balaban J connectivity index is 2.57. The summed E-state index contributed by atoms with van der Waals surface area (Å²) in [4.78, 5) is 22.4. The van der Waals surface area contributed by atoms with Crippen LogP contribution in [-0.2, 0) is 14.3 Å². The van der Waals surface area contributed by atoms with Crippen LogP contribution in [0.1, 0.15) is 19.3 Å². The van der Waals surface area contributed by atoms with Crippen molar-refractivity contribution in [3.05, 3.63) is 0 Å². The minimum Gasteiger partial charge on any atom is -0.383 e. The predicted molar refractivity (Wildman–Crippen MR) is 47.2 cm³/mol. The normalized spacial score (nSPS) is 26.2. The van der Waals surface area contributed by atoms with Gasteiger partial charge in [-0.05, 0) is 12.8 Å². The maximum Gasteiger partial charge on any atom is 0.203 e. The average Bonchev–Trinajstić information content (AvgIpc) is 2.10. The maximum absolute atomic E-state index is 11.4. The number of rotatable bonds is 3. The van der Waals surface area contributed by atoms with E-state index in [1.165, 1.54) is 7.11 Å². The molecule has 0 aromatic heterocycles. The summed E-state index contributed by atoms with van der Waals surface area (Å²) in [5.41, 5.74) is 5.71. The van der Waals surface area contributed by atoms with Crippen molar-refractivity contribution in [1.82, 2.24) is 0 Å². The number of methoxy groups -OCH3 is 1. The number of ketones is 2. The van der Waals surface area contributed by atoms with Crippen LogP contribution in [0.3, 0.4) is 0 Å². The highest BCUT2D eigenvalue weighted by Crippen LogP contribution is 2.20. The van der Waals surface area contributed by atoms with Crippen molar-refractivity contribution in [1.29, 1.82) is 0 Å². The first-order valence-electron chi connectivity index (χ1n) is 4.48. The fourth-order valence-electron chi connectivity index (χ4n) is 1.66. The van der Waals surface area contributed by atoms with Gasteiger partial charge in [0.15, 0.2) is 5.78 Å². The molecule has 1 aliphatic rings. The van der Waals surface area contributed by atoms with Crippen LogP contribution in [0.5, 0.6) is 0 Å². The van der Waals surface area contributed by atoms with Crippen molar-refractivity contribution in [2.24, 2.45) is 11.7 Å². The van der Waals surface area contributed by atoms with Gasteiger partial charge in [-0.2, -0.15) is 0 Å². The molecule has 1 saturated carbocycles. The lowest BCUT2D eigenvalue weighted by atomic mass is 9.82. The van der Waals surface area contributed by atoms with E-state index in [1.807, 2.05) is 0 Å². The first kappa shape index (κ1) is 10.3. The Kier molecular flexibility index (Phi) is 3.57. The van der Waals surface area contributed by atoms with Crippen molar-refractivity contribution in [2.45, 2.75) is 25.3 Å². The highest BCUT2D eigenvalue weighted by molar-refractivity contribution is 6.38. The van der Waals surface area contributed by atoms with Gasteiger partial charge in [0, 0.05) is 25.5 Å². The molecular weight excluding hydrogens is 170 g/mol. The van der Waals surface area contributed by atoms with Crippen LogP contribution < -0.4 is 5.73 Å². The van der Waals surface area contributed by atoms with E-state index in [1.54, 1.807) is 0 Å². The number of carbonyl (C=O) groups is 2. The SMILES string of the molecule is COCC(N)C1CCCC(=O)C1=O. The number of hydrogen-bond acceptors (Lipinski definition) is 4. The second kappa shape index (κ2) is 4.48. The average molecular weight is 185 g/mol. The largest absolute Gasteiger partial charge is 0.383 e. The molecule has 0 heterocycles. The molecule has 0 saturated heterocycles. The molecule has 4 heteroatoms. The summed E-state index contributed by atoms with van der Waals surface area (Å²) < 4.78 is 4.85. The minimum atomic E-state index is -0.332. The van der Waals surface area contributed by atoms with Gasteiger partial charge in [-0.3, -0.25) is 9.59 Å². The van der Waals surface area contributed by atoms with E-state index in [0.29, 0.717) is 13.0 Å². The van der Waals surface area contributed by atoms with Gasteiger partial charge in [-0.15, -0.1) is 0 Å². The van der Waals surface area contributed by atoms with Crippen LogP contribution in [0.2, 0.25) is 0 Å². The highest BCUT2D eigenvalue weighted by Gasteiger charge is 2.33. The molecular formula is C9H15NO3. The number of nitrogens with two attached hydrogens (primary N) is 1. The van der Waals surface area contributed by atoms with Gasteiger partial charge in [0.1, 0.15) is 0 Å². The molecule has 0 aliphatic heterocycles. The van der Waals surface area contributed by atoms with Crippen molar-refractivity contribution in [3.63, 3.8) is 0 Å². The van der Waals surface area contributed by atoms with E-state index < -0.39 is 0 Å². The Bertz CT molecular complexity index is 215. The molecule has 1 aliphatic carbocycles. The van der Waals surface area contributed by atoms with Crippen LogP contribution in [0, 0.1) is 5.92 Å². The van der Waals surface area contributed by atoms with Gasteiger partial charge in [0.25, 0.3) is 0 Å². The Morgan fingerprint density at radius 3 is 2.92 bits per heavy atom. The topological polar surface area (TPSA) is 69.4 Å². The Labute approximate surface area is 77.4 Å². The highest BCUT2D eigenvalue weighted by atomic mass is 16.5. The van der Waals surface area contributed by atoms with E-state index >= 15 is 0 Å². The molecule has 0 aromatic rings. The van der Waals surface area contributed by atoms with E-state index in [-0.39, 0.29) is 23.5 Å². The minimum absolute atomic E-state index is 0.275. The number of hydrogen-bond donors (Lipinski definition) is 1. The molecule has 0 bridgehead atoms. The van der Waals surface area contributed by atoms with Gasteiger partial charge in [-0.1, -0.05) is 0 Å². The third-order valence-corrected chi connectivity index (χ3v) is 2.41. The zero-order valence-corrected chi connectivity index (χ0v) is 7.79. The number of Topliss-reactive ketones (excluding diaryl/α,β-unsaturated/α-hetero) is 2. The van der Waals surface area contributed by atoms with Crippen molar-refractivity contribution < 1.29 is 14.3 Å². The molecule has 13 heavy (non-hydrogen) atoms. The molecule has 2 unspecified atom stereocenters. The smallest absolute Gasteiger partial charge is 0.203 e. The summed E-state index contributed by atoms with van der Waals surface area (Å²) in [6.45, 7) is 0.337. The van der Waals surface area contributed by atoms with Gasteiger partial charge >= 0.3 is 0 Å². The van der Waals surface area contributed by atoms with Crippen LogP contribution in [0.15, 0.2) is 0 Å². The summed E-state index contributed by atoms with van der Waals surface area (Å²) in [6, 6.07) is -0.332. The fourth-order valence-corrected chi connectivity index (χ4v) is 1.66. The Morgan fingerprint density at radius 2 is 2.31 bits per heavy atom. The Hall–Kier alpha value is -0.740. The molecule has 74 valence electrons. The van der Waals surface area contributed by atoms with Crippen LogP contribution in [0.25, 0.3) is 0 Å². The quantitative estimate of drug-likeness (QED) is 0.623. The zero-order valence-electron chi connectivity index (χ0n) is 7.79. The fraction of sp³-hybridized carbons (Fsp3) is 0.778. The summed E-state index contributed by atoms with van der Waals surface area (Å²) in [5, 5.41) is 0. The molecule has 2 N–H and O–H groups in total. The van der Waals surface area contributed by atoms with Crippen LogP contribution in [0.4, 0.5) is 0 Å². The lowest BCUT2D eigenvalue weighted by molar-refractivity contribution is -0.141. The zero-order chi connectivity index (χ0) is 9.84. The molecule has 2 atom stereocenters. The summed E-state index contributed by atoms with van der Waals surface area (Å²) in [7, 11) is 1.54. The summed E-state index contributed by atoms with van der Waals surface area (Å²) in [5.74, 6) is -0.903. The molecule has 0 radical (unpaired) electrons. The van der Waals surface area contributed by atoms with Crippen molar-refractivity contribution in [2.75, 3.05) is 13.7 Å². The number of ether oxygens (including phenoxy) is 1. The third kappa shape index (κ3) is 2.35.